The molecule has 1 aromatic rings. The molecule has 18 heavy (non-hydrogen) atoms. The van der Waals surface area contributed by atoms with E-state index in [1.165, 1.54) is 4.90 Å². The predicted octanol–water partition coefficient (Wildman–Crippen LogP) is 1.99. The zero-order chi connectivity index (χ0) is 12.9. The van der Waals surface area contributed by atoms with Gasteiger partial charge in [0, 0.05) is 17.7 Å². The number of rotatable bonds is 1. The second kappa shape index (κ2) is 3.63. The van der Waals surface area contributed by atoms with Crippen LogP contribution in [-0.4, -0.2) is 28.3 Å². The fourth-order valence-electron chi connectivity index (χ4n) is 2.59. The van der Waals surface area contributed by atoms with Crippen LogP contribution < -0.4 is 5.73 Å². The van der Waals surface area contributed by atoms with E-state index >= 15 is 0 Å². The van der Waals surface area contributed by atoms with E-state index in [0.717, 1.165) is 17.7 Å². The molecule has 0 saturated carbocycles. The quantitative estimate of drug-likeness (QED) is 0.831. The van der Waals surface area contributed by atoms with Crippen LogP contribution in [-0.2, 0) is 6.42 Å². The molecular formula is C12H14F2N4. The lowest BCUT2D eigenvalue weighted by Gasteiger charge is -2.30. The summed E-state index contributed by atoms with van der Waals surface area (Å²) in [7, 11) is 0. The Morgan fingerprint density at radius 1 is 1.56 bits per heavy atom. The Morgan fingerprint density at radius 2 is 2.33 bits per heavy atom. The maximum atomic E-state index is 13.5. The van der Waals surface area contributed by atoms with Gasteiger partial charge >= 0.3 is 0 Å². The lowest BCUT2D eigenvalue weighted by molar-refractivity contribution is 0.0165. The van der Waals surface area contributed by atoms with E-state index in [1.807, 2.05) is 13.0 Å². The Hall–Kier alpha value is -1.72. The van der Waals surface area contributed by atoms with Crippen molar-refractivity contribution in [2.75, 3.05) is 6.54 Å². The van der Waals surface area contributed by atoms with Crippen LogP contribution in [0.15, 0.2) is 17.3 Å². The highest BCUT2D eigenvalue weighted by molar-refractivity contribution is 5.84. The molecule has 0 spiro atoms. The maximum Gasteiger partial charge on any atom is 0.267 e. The van der Waals surface area contributed by atoms with Crippen molar-refractivity contribution in [3.05, 3.63) is 23.5 Å². The maximum absolute atomic E-state index is 13.5. The van der Waals surface area contributed by atoms with Crippen molar-refractivity contribution >= 4 is 11.6 Å². The van der Waals surface area contributed by atoms with E-state index < -0.39 is 5.92 Å². The van der Waals surface area contributed by atoms with E-state index in [0.29, 0.717) is 5.69 Å². The molecule has 1 aromatic heterocycles. The SMILES string of the molecule is CCc1cc2c(cn1)N=C(N)N1CC(F)(F)C[C@H]21. The molecule has 0 bridgehead atoms. The zero-order valence-electron chi connectivity index (χ0n) is 10.0. The molecule has 0 radical (unpaired) electrons. The largest absolute Gasteiger partial charge is 0.369 e. The number of nitrogens with zero attached hydrogens (tertiary/aromatic N) is 3. The third-order valence-electron chi connectivity index (χ3n) is 3.49. The summed E-state index contributed by atoms with van der Waals surface area (Å²) in [5.74, 6) is -2.54. The van der Waals surface area contributed by atoms with Crippen molar-refractivity contribution in [3.8, 4) is 0 Å². The van der Waals surface area contributed by atoms with Gasteiger partial charge in [-0.2, -0.15) is 0 Å². The summed E-state index contributed by atoms with van der Waals surface area (Å²) < 4.78 is 27.1. The summed E-state index contributed by atoms with van der Waals surface area (Å²) in [5, 5.41) is 0. The number of fused-ring (bicyclic) bond motifs is 3. The summed E-state index contributed by atoms with van der Waals surface area (Å²) in [5.41, 5.74) is 8.06. The van der Waals surface area contributed by atoms with Crippen LogP contribution in [0.1, 0.15) is 30.6 Å². The molecule has 2 aliphatic rings. The van der Waals surface area contributed by atoms with E-state index in [1.54, 1.807) is 6.20 Å². The lowest BCUT2D eigenvalue weighted by atomic mass is 10.0. The number of alkyl halides is 2. The standard InChI is InChI=1S/C12H14F2N4/c1-2-7-3-8-9(5-16-7)17-11(15)18-6-12(13,14)4-10(8)18/h3,5,10H,2,4,6H2,1H3,(H2,15,17)/t10-/m1/s1. The molecule has 3 rings (SSSR count). The van der Waals surface area contributed by atoms with Crippen LogP contribution >= 0.6 is 0 Å². The Bertz CT molecular complexity index is 527. The minimum atomic E-state index is -2.71. The van der Waals surface area contributed by atoms with Gasteiger partial charge in [0.15, 0.2) is 5.96 Å². The van der Waals surface area contributed by atoms with Crippen LogP contribution in [0.5, 0.6) is 0 Å². The summed E-state index contributed by atoms with van der Waals surface area (Å²) >= 11 is 0. The Morgan fingerprint density at radius 3 is 3.06 bits per heavy atom. The molecule has 4 nitrogen and oxygen atoms in total. The van der Waals surface area contributed by atoms with E-state index in [-0.39, 0.29) is 25.0 Å². The first-order valence-corrected chi connectivity index (χ1v) is 5.97. The minimum Gasteiger partial charge on any atom is -0.369 e. The van der Waals surface area contributed by atoms with Gasteiger partial charge in [0.2, 0.25) is 0 Å². The minimum absolute atomic E-state index is 0.163. The van der Waals surface area contributed by atoms with Crippen molar-refractivity contribution in [1.29, 1.82) is 0 Å². The number of halogens is 2. The van der Waals surface area contributed by atoms with E-state index in [9.17, 15) is 8.78 Å². The van der Waals surface area contributed by atoms with Gasteiger partial charge in [0.25, 0.3) is 5.92 Å². The van der Waals surface area contributed by atoms with Gasteiger partial charge in [-0.3, -0.25) is 4.98 Å². The van der Waals surface area contributed by atoms with Crippen molar-refractivity contribution in [3.63, 3.8) is 0 Å². The molecule has 6 heteroatoms. The van der Waals surface area contributed by atoms with Crippen LogP contribution in [0.3, 0.4) is 0 Å². The number of hydrogen-bond donors (Lipinski definition) is 1. The van der Waals surface area contributed by atoms with Crippen molar-refractivity contribution in [2.45, 2.75) is 31.7 Å². The topological polar surface area (TPSA) is 54.5 Å². The number of guanidine groups is 1. The third kappa shape index (κ3) is 1.63. The van der Waals surface area contributed by atoms with Gasteiger partial charge in [-0.1, -0.05) is 6.92 Å². The van der Waals surface area contributed by atoms with E-state index in [2.05, 4.69) is 9.98 Å². The molecular weight excluding hydrogens is 238 g/mol. The summed E-state index contributed by atoms with van der Waals surface area (Å²) in [6.45, 7) is 1.63. The average molecular weight is 252 g/mol. The van der Waals surface area contributed by atoms with Gasteiger partial charge in [-0.25, -0.2) is 13.8 Å². The first-order chi connectivity index (χ1) is 8.50. The van der Waals surface area contributed by atoms with Crippen molar-refractivity contribution in [1.82, 2.24) is 9.88 Å². The number of aryl methyl sites for hydroxylation is 1. The summed E-state index contributed by atoms with van der Waals surface area (Å²) in [6.07, 6.45) is 2.19. The second-order valence-corrected chi connectivity index (χ2v) is 4.76. The lowest BCUT2D eigenvalue weighted by Crippen LogP contribution is -2.40. The normalized spacial score (nSPS) is 24.5. The van der Waals surface area contributed by atoms with Gasteiger partial charge in [-0.05, 0) is 12.5 Å². The first kappa shape index (κ1) is 11.4. The van der Waals surface area contributed by atoms with Gasteiger partial charge in [-0.15, -0.1) is 0 Å². The van der Waals surface area contributed by atoms with Gasteiger partial charge in [0.05, 0.1) is 24.5 Å². The molecule has 0 amide bonds. The average Bonchev–Trinajstić information content (AvgIpc) is 2.65. The summed E-state index contributed by atoms with van der Waals surface area (Å²) in [6, 6.07) is 1.49. The van der Waals surface area contributed by atoms with E-state index in [4.69, 9.17) is 5.73 Å². The molecule has 0 aromatic carbocycles. The predicted molar refractivity (Wildman–Crippen MR) is 63.9 cm³/mol. The first-order valence-electron chi connectivity index (χ1n) is 5.97. The molecule has 1 saturated heterocycles. The third-order valence-corrected chi connectivity index (χ3v) is 3.49. The Labute approximate surface area is 104 Å². The number of aliphatic imine (C=N–C) groups is 1. The highest BCUT2D eigenvalue weighted by Crippen LogP contribution is 2.45. The van der Waals surface area contributed by atoms with Crippen LogP contribution in [0.25, 0.3) is 0 Å². The molecule has 1 atom stereocenters. The highest BCUT2D eigenvalue weighted by Gasteiger charge is 2.48. The molecule has 0 aliphatic carbocycles. The molecule has 0 unspecified atom stereocenters. The number of aromatic nitrogens is 1. The Kier molecular flexibility index (Phi) is 2.30. The van der Waals surface area contributed by atoms with Crippen LogP contribution in [0, 0.1) is 0 Å². The fourth-order valence-corrected chi connectivity index (χ4v) is 2.59. The zero-order valence-corrected chi connectivity index (χ0v) is 10.0. The summed E-state index contributed by atoms with van der Waals surface area (Å²) in [4.78, 5) is 9.87. The van der Waals surface area contributed by atoms with Gasteiger partial charge < -0.3 is 10.6 Å². The molecule has 96 valence electrons. The van der Waals surface area contributed by atoms with Crippen molar-refractivity contribution in [2.24, 2.45) is 10.7 Å². The van der Waals surface area contributed by atoms with Gasteiger partial charge in [0.1, 0.15) is 0 Å². The second-order valence-electron chi connectivity index (χ2n) is 4.76. The number of hydrogen-bond acceptors (Lipinski definition) is 4. The monoisotopic (exact) mass is 252 g/mol. The number of nitrogens with two attached hydrogens (primary N) is 1. The van der Waals surface area contributed by atoms with Crippen molar-refractivity contribution < 1.29 is 8.78 Å². The van der Waals surface area contributed by atoms with Crippen LogP contribution in [0.2, 0.25) is 0 Å². The molecule has 2 N–H and O–H groups in total. The highest BCUT2D eigenvalue weighted by atomic mass is 19.3. The molecule has 1 fully saturated rings. The van der Waals surface area contributed by atoms with Crippen LogP contribution in [0.4, 0.5) is 14.5 Å². The fraction of sp³-hybridized carbons (Fsp3) is 0.500. The molecule has 3 heterocycles. The smallest absolute Gasteiger partial charge is 0.267 e. The Balaban J connectivity index is 2.09. The molecule has 2 aliphatic heterocycles. The number of pyridine rings is 1.